The number of anilines is 1. The van der Waals surface area contributed by atoms with Crippen LogP contribution in [0.3, 0.4) is 0 Å². The molecule has 2 aromatic carbocycles. The molecule has 0 saturated heterocycles. The number of carbonyl (C=O) groups excluding carboxylic acids is 2. The molecule has 7 heteroatoms. The number of para-hydroxylation sites is 3. The summed E-state index contributed by atoms with van der Waals surface area (Å²) in [5, 5.41) is 3.46. The number of halogens is 1. The number of hydrogen-bond acceptors (Lipinski definition) is 5. The maximum Gasteiger partial charge on any atom is 0.339 e. The maximum absolute atomic E-state index is 12.6. The summed E-state index contributed by atoms with van der Waals surface area (Å²) in [6.07, 6.45) is -1.02. The first-order chi connectivity index (χ1) is 13.0. The summed E-state index contributed by atoms with van der Waals surface area (Å²) in [6.45, 7) is 1.49. The highest BCUT2D eigenvalue weighted by molar-refractivity contribution is 6.30. The van der Waals surface area contributed by atoms with Gasteiger partial charge in [-0.05, 0) is 31.2 Å². The molecule has 1 heterocycles. The Kier molecular flexibility index (Phi) is 5.57. The highest BCUT2D eigenvalue weighted by Gasteiger charge is 2.22. The summed E-state index contributed by atoms with van der Waals surface area (Å²) >= 11 is 6.00. The molecular weight excluding hydrogens is 368 g/mol. The minimum Gasteiger partial charge on any atom is -0.495 e. The smallest absolute Gasteiger partial charge is 0.339 e. The van der Waals surface area contributed by atoms with Crippen molar-refractivity contribution in [3.8, 4) is 5.75 Å². The Hall–Kier alpha value is -3.12. The van der Waals surface area contributed by atoms with Crippen LogP contribution in [0.25, 0.3) is 10.9 Å². The van der Waals surface area contributed by atoms with E-state index in [-0.39, 0.29) is 10.7 Å². The molecule has 0 fully saturated rings. The van der Waals surface area contributed by atoms with Gasteiger partial charge in [0.15, 0.2) is 6.10 Å². The number of rotatable bonds is 5. The van der Waals surface area contributed by atoms with Crippen LogP contribution in [0.15, 0.2) is 54.6 Å². The van der Waals surface area contributed by atoms with Crippen molar-refractivity contribution in [1.29, 1.82) is 0 Å². The Balaban J connectivity index is 1.77. The summed E-state index contributed by atoms with van der Waals surface area (Å²) < 4.78 is 10.5. The lowest BCUT2D eigenvalue weighted by atomic mass is 10.1. The predicted molar refractivity (Wildman–Crippen MR) is 103 cm³/mol. The second-order valence-electron chi connectivity index (χ2n) is 5.75. The number of nitrogens with zero attached hydrogens (tertiary/aromatic N) is 1. The average molecular weight is 385 g/mol. The van der Waals surface area contributed by atoms with E-state index in [1.54, 1.807) is 48.5 Å². The fourth-order valence-corrected chi connectivity index (χ4v) is 2.77. The quantitative estimate of drug-likeness (QED) is 0.529. The van der Waals surface area contributed by atoms with Crippen molar-refractivity contribution in [3.63, 3.8) is 0 Å². The largest absolute Gasteiger partial charge is 0.495 e. The topological polar surface area (TPSA) is 77.5 Å². The van der Waals surface area contributed by atoms with E-state index < -0.39 is 18.0 Å². The first-order valence-electron chi connectivity index (χ1n) is 8.19. The number of fused-ring (bicyclic) bond motifs is 1. The summed E-state index contributed by atoms with van der Waals surface area (Å²) in [4.78, 5) is 29.2. The van der Waals surface area contributed by atoms with Crippen molar-refractivity contribution in [3.05, 3.63) is 65.3 Å². The number of aromatic nitrogens is 1. The molecule has 0 unspecified atom stereocenters. The third-order valence-corrected chi connectivity index (χ3v) is 4.12. The average Bonchev–Trinajstić information content (AvgIpc) is 2.67. The summed E-state index contributed by atoms with van der Waals surface area (Å²) in [6, 6.07) is 15.5. The number of carbonyl (C=O) groups is 2. The molecule has 138 valence electrons. The van der Waals surface area contributed by atoms with E-state index in [0.717, 1.165) is 0 Å². The molecule has 0 saturated carbocycles. The van der Waals surface area contributed by atoms with E-state index in [9.17, 15) is 9.59 Å². The highest BCUT2D eigenvalue weighted by Crippen LogP contribution is 2.24. The number of pyridine rings is 1. The summed E-state index contributed by atoms with van der Waals surface area (Å²) in [5.41, 5.74) is 1.32. The number of hydrogen-bond donors (Lipinski definition) is 1. The molecular formula is C20H17ClN2O4. The molecule has 3 rings (SSSR count). The van der Waals surface area contributed by atoms with E-state index >= 15 is 0 Å². The molecule has 0 aliphatic carbocycles. The van der Waals surface area contributed by atoms with E-state index in [1.165, 1.54) is 20.1 Å². The fraction of sp³-hybridized carbons (Fsp3) is 0.150. The maximum atomic E-state index is 12.6. The van der Waals surface area contributed by atoms with Crippen LogP contribution in [-0.4, -0.2) is 30.1 Å². The molecule has 0 bridgehead atoms. The van der Waals surface area contributed by atoms with Crippen LogP contribution in [0, 0.1) is 0 Å². The van der Waals surface area contributed by atoms with Crippen molar-refractivity contribution in [2.75, 3.05) is 12.4 Å². The molecule has 3 aromatic rings. The normalized spacial score (nSPS) is 11.7. The van der Waals surface area contributed by atoms with Crippen LogP contribution in [-0.2, 0) is 9.53 Å². The van der Waals surface area contributed by atoms with Gasteiger partial charge >= 0.3 is 5.97 Å². The van der Waals surface area contributed by atoms with Crippen LogP contribution in [0.5, 0.6) is 5.75 Å². The molecule has 0 aliphatic rings. The van der Waals surface area contributed by atoms with Crippen LogP contribution in [0.1, 0.15) is 17.3 Å². The Bertz CT molecular complexity index is 1010. The Morgan fingerprint density at radius 3 is 2.59 bits per heavy atom. The van der Waals surface area contributed by atoms with Gasteiger partial charge in [-0.15, -0.1) is 0 Å². The molecule has 1 N–H and O–H groups in total. The van der Waals surface area contributed by atoms with Gasteiger partial charge in [0.25, 0.3) is 5.91 Å². The number of nitrogens with one attached hydrogen (secondary N) is 1. The predicted octanol–water partition coefficient (Wildman–Crippen LogP) is 4.08. The van der Waals surface area contributed by atoms with Gasteiger partial charge in [0.05, 0.1) is 23.9 Å². The zero-order valence-corrected chi connectivity index (χ0v) is 15.5. The van der Waals surface area contributed by atoms with Gasteiger partial charge in [-0.25, -0.2) is 9.78 Å². The first-order valence-corrected chi connectivity index (χ1v) is 8.57. The monoisotopic (exact) mass is 384 g/mol. The molecule has 27 heavy (non-hydrogen) atoms. The molecule has 6 nitrogen and oxygen atoms in total. The Morgan fingerprint density at radius 2 is 1.81 bits per heavy atom. The van der Waals surface area contributed by atoms with Gasteiger partial charge in [-0.1, -0.05) is 41.9 Å². The van der Waals surface area contributed by atoms with Crippen LogP contribution in [0.4, 0.5) is 5.69 Å². The minimum atomic E-state index is -1.02. The van der Waals surface area contributed by atoms with Crippen LogP contribution < -0.4 is 10.1 Å². The van der Waals surface area contributed by atoms with Crippen LogP contribution in [0.2, 0.25) is 5.15 Å². The van der Waals surface area contributed by atoms with Gasteiger partial charge in [0.1, 0.15) is 10.9 Å². The van der Waals surface area contributed by atoms with Gasteiger partial charge in [-0.2, -0.15) is 0 Å². The molecule has 0 spiro atoms. The Morgan fingerprint density at radius 1 is 1.11 bits per heavy atom. The van der Waals surface area contributed by atoms with Crippen LogP contribution >= 0.6 is 11.6 Å². The SMILES string of the molecule is COc1ccccc1NC(=O)[C@@H](C)OC(=O)c1cc(Cl)nc2ccccc12. The second kappa shape index (κ2) is 8.05. The van der Waals surface area contributed by atoms with Crippen molar-refractivity contribution in [2.24, 2.45) is 0 Å². The third-order valence-electron chi connectivity index (χ3n) is 3.92. The molecule has 1 atom stereocenters. The standard InChI is InChI=1S/C20H17ClN2O4/c1-12(19(24)23-16-9-5-6-10-17(16)26-2)27-20(25)14-11-18(21)22-15-8-4-3-7-13(14)15/h3-12H,1-2H3,(H,23,24)/t12-/m1/s1. The van der Waals surface area contributed by atoms with Gasteiger partial charge < -0.3 is 14.8 Å². The lowest BCUT2D eigenvalue weighted by Gasteiger charge is -2.15. The van der Waals surface area contributed by atoms with Gasteiger partial charge in [-0.3, -0.25) is 4.79 Å². The zero-order chi connectivity index (χ0) is 19.4. The van der Waals surface area contributed by atoms with E-state index in [2.05, 4.69) is 10.3 Å². The zero-order valence-electron chi connectivity index (χ0n) is 14.7. The van der Waals surface area contributed by atoms with E-state index in [4.69, 9.17) is 21.1 Å². The van der Waals surface area contributed by atoms with Crippen molar-refractivity contribution >= 4 is 40.1 Å². The second-order valence-corrected chi connectivity index (χ2v) is 6.13. The number of benzene rings is 2. The molecule has 0 aliphatic heterocycles. The van der Waals surface area contributed by atoms with E-state index in [1.807, 2.05) is 0 Å². The molecule has 0 radical (unpaired) electrons. The van der Waals surface area contributed by atoms with E-state index in [0.29, 0.717) is 22.3 Å². The number of ether oxygens (including phenoxy) is 2. The fourth-order valence-electron chi connectivity index (χ4n) is 2.57. The Labute approximate surface area is 161 Å². The summed E-state index contributed by atoms with van der Waals surface area (Å²) in [5.74, 6) is -0.619. The minimum absolute atomic E-state index is 0.173. The van der Waals surface area contributed by atoms with Gasteiger partial charge in [0.2, 0.25) is 0 Å². The number of methoxy groups -OCH3 is 1. The highest BCUT2D eigenvalue weighted by atomic mass is 35.5. The third kappa shape index (κ3) is 4.17. The van der Waals surface area contributed by atoms with Gasteiger partial charge in [0, 0.05) is 5.39 Å². The summed E-state index contributed by atoms with van der Waals surface area (Å²) in [7, 11) is 1.51. The first kappa shape index (κ1) is 18.7. The lowest BCUT2D eigenvalue weighted by molar-refractivity contribution is -0.123. The molecule has 1 aromatic heterocycles. The molecule has 1 amide bonds. The lowest BCUT2D eigenvalue weighted by Crippen LogP contribution is -2.30. The van der Waals surface area contributed by atoms with Crippen molar-refractivity contribution in [2.45, 2.75) is 13.0 Å². The number of amides is 1. The van der Waals surface area contributed by atoms with Crippen molar-refractivity contribution < 1.29 is 19.1 Å². The van der Waals surface area contributed by atoms with Crippen molar-refractivity contribution in [1.82, 2.24) is 4.98 Å². The number of esters is 1.